The molecule has 1 N–H and O–H groups in total. The molecule has 0 aliphatic heterocycles. The van der Waals surface area contributed by atoms with Crippen LogP contribution in [0, 0.1) is 0 Å². The summed E-state index contributed by atoms with van der Waals surface area (Å²) in [5.74, 6) is 0.0899. The van der Waals surface area contributed by atoms with Crippen LogP contribution in [0.4, 0.5) is 5.69 Å². The summed E-state index contributed by atoms with van der Waals surface area (Å²) in [4.78, 5) is 24.7. The average molecular weight is 406 g/mol. The molecule has 29 heavy (non-hydrogen) atoms. The summed E-state index contributed by atoms with van der Waals surface area (Å²) in [6, 6.07) is 22.6. The van der Waals surface area contributed by atoms with Crippen molar-refractivity contribution in [3.63, 3.8) is 0 Å². The molecule has 0 aliphatic rings. The lowest BCUT2D eigenvalue weighted by molar-refractivity contribution is 0.0997. The molecule has 0 fully saturated rings. The number of hydrogen-bond donors (Lipinski definition) is 1. The first-order valence-corrected chi connectivity index (χ1v) is 9.28. The maximum Gasteiger partial charge on any atom is 0.291 e. The van der Waals surface area contributed by atoms with E-state index in [0.717, 1.165) is 11.6 Å². The first-order valence-electron chi connectivity index (χ1n) is 8.90. The van der Waals surface area contributed by atoms with Crippen LogP contribution in [0.5, 0.6) is 5.75 Å². The summed E-state index contributed by atoms with van der Waals surface area (Å²) in [6.45, 7) is 0.457. The van der Waals surface area contributed by atoms with Crippen molar-refractivity contribution in [2.75, 3.05) is 5.32 Å². The molecule has 0 aliphatic carbocycles. The molecule has 144 valence electrons. The monoisotopic (exact) mass is 405 g/mol. The Hall–Kier alpha value is -3.57. The third kappa shape index (κ3) is 4.47. The molecule has 0 spiro atoms. The molecule has 0 bridgehead atoms. The molecule has 6 heteroatoms. The van der Waals surface area contributed by atoms with Gasteiger partial charge in [-0.25, -0.2) is 0 Å². The van der Waals surface area contributed by atoms with E-state index in [4.69, 9.17) is 20.8 Å². The van der Waals surface area contributed by atoms with Crippen molar-refractivity contribution < 1.29 is 13.9 Å². The van der Waals surface area contributed by atoms with E-state index >= 15 is 0 Å². The van der Waals surface area contributed by atoms with Crippen LogP contribution in [0.3, 0.4) is 0 Å². The highest BCUT2D eigenvalue weighted by Crippen LogP contribution is 2.20. The molecule has 3 aromatic carbocycles. The molecule has 0 atom stereocenters. The van der Waals surface area contributed by atoms with Crippen molar-refractivity contribution in [3.05, 3.63) is 105 Å². The highest BCUT2D eigenvalue weighted by Gasteiger charge is 2.13. The van der Waals surface area contributed by atoms with Crippen molar-refractivity contribution in [1.29, 1.82) is 0 Å². The number of halogens is 1. The Kier molecular flexibility index (Phi) is 5.31. The Morgan fingerprint density at radius 3 is 2.48 bits per heavy atom. The summed E-state index contributed by atoms with van der Waals surface area (Å²) in [5, 5.41) is 3.46. The molecule has 0 saturated heterocycles. The quantitative estimate of drug-likeness (QED) is 0.490. The van der Waals surface area contributed by atoms with Gasteiger partial charge in [-0.15, -0.1) is 0 Å². The number of anilines is 1. The van der Waals surface area contributed by atoms with Gasteiger partial charge in [0.05, 0.1) is 5.39 Å². The molecule has 4 aromatic rings. The van der Waals surface area contributed by atoms with Gasteiger partial charge < -0.3 is 14.5 Å². The molecule has 0 saturated carbocycles. The topological polar surface area (TPSA) is 68.5 Å². The lowest BCUT2D eigenvalue weighted by Crippen LogP contribution is -2.14. The fourth-order valence-electron chi connectivity index (χ4n) is 2.81. The molecular weight excluding hydrogens is 390 g/mol. The number of benzene rings is 3. The van der Waals surface area contributed by atoms with Gasteiger partial charge in [0.25, 0.3) is 5.91 Å². The van der Waals surface area contributed by atoms with Gasteiger partial charge in [-0.1, -0.05) is 41.9 Å². The predicted molar refractivity (Wildman–Crippen MR) is 113 cm³/mol. The van der Waals surface area contributed by atoms with E-state index in [9.17, 15) is 9.59 Å². The molecule has 1 aromatic heterocycles. The molecule has 1 heterocycles. The molecule has 1 amide bonds. The van der Waals surface area contributed by atoms with Gasteiger partial charge in [-0.3, -0.25) is 9.59 Å². The van der Waals surface area contributed by atoms with Crippen molar-refractivity contribution in [2.45, 2.75) is 6.61 Å². The van der Waals surface area contributed by atoms with E-state index in [0.29, 0.717) is 34.0 Å². The summed E-state index contributed by atoms with van der Waals surface area (Å²) >= 11 is 5.90. The number of fused-ring (bicyclic) bond motifs is 1. The third-order valence-electron chi connectivity index (χ3n) is 4.27. The standard InChI is InChI=1S/C23H16ClNO4/c24-16-6-11-21-19(12-16)20(26)13-22(29-21)23(27)25-17-7-9-18(10-8-17)28-14-15-4-2-1-3-5-15/h1-13H,14H2,(H,25,27). The maximum atomic E-state index is 12.5. The van der Waals surface area contributed by atoms with Crippen LogP contribution in [-0.2, 0) is 6.61 Å². The average Bonchev–Trinajstić information content (AvgIpc) is 2.74. The normalized spacial score (nSPS) is 10.7. The first kappa shape index (κ1) is 18.8. The summed E-state index contributed by atoms with van der Waals surface area (Å²) in [6.07, 6.45) is 0. The van der Waals surface area contributed by atoms with E-state index < -0.39 is 5.91 Å². The molecule has 0 unspecified atom stereocenters. The minimum atomic E-state index is -0.517. The van der Waals surface area contributed by atoms with E-state index in [2.05, 4.69) is 5.32 Å². The fraction of sp³-hybridized carbons (Fsp3) is 0.0435. The number of amides is 1. The summed E-state index contributed by atoms with van der Waals surface area (Å²) < 4.78 is 11.3. The predicted octanol–water partition coefficient (Wildman–Crippen LogP) is 5.28. The van der Waals surface area contributed by atoms with Crippen molar-refractivity contribution in [1.82, 2.24) is 0 Å². The van der Waals surface area contributed by atoms with Crippen LogP contribution >= 0.6 is 11.6 Å². The van der Waals surface area contributed by atoms with Crippen molar-refractivity contribution in [3.8, 4) is 5.75 Å². The molecule has 0 radical (unpaired) electrons. The zero-order valence-electron chi connectivity index (χ0n) is 15.2. The molecule has 4 rings (SSSR count). The zero-order valence-corrected chi connectivity index (χ0v) is 16.0. The zero-order chi connectivity index (χ0) is 20.2. The van der Waals surface area contributed by atoms with Gasteiger partial charge in [0.2, 0.25) is 0 Å². The SMILES string of the molecule is O=C(Nc1ccc(OCc2ccccc2)cc1)c1cc(=O)c2cc(Cl)ccc2o1. The minimum Gasteiger partial charge on any atom is -0.489 e. The van der Waals surface area contributed by atoms with Gasteiger partial charge in [0.15, 0.2) is 11.2 Å². The van der Waals surface area contributed by atoms with E-state index in [1.807, 2.05) is 30.3 Å². The van der Waals surface area contributed by atoms with Crippen LogP contribution in [0.1, 0.15) is 16.1 Å². The van der Waals surface area contributed by atoms with Gasteiger partial charge in [-0.2, -0.15) is 0 Å². The van der Waals surface area contributed by atoms with E-state index in [-0.39, 0.29) is 11.2 Å². The van der Waals surface area contributed by atoms with Gasteiger partial charge >= 0.3 is 0 Å². The Morgan fingerprint density at radius 1 is 0.966 bits per heavy atom. The second-order valence-corrected chi connectivity index (χ2v) is 6.80. The lowest BCUT2D eigenvalue weighted by Gasteiger charge is -2.08. The smallest absolute Gasteiger partial charge is 0.291 e. The van der Waals surface area contributed by atoms with Crippen LogP contribution in [-0.4, -0.2) is 5.91 Å². The fourth-order valence-corrected chi connectivity index (χ4v) is 2.98. The Labute approximate surface area is 171 Å². The highest BCUT2D eigenvalue weighted by molar-refractivity contribution is 6.31. The largest absolute Gasteiger partial charge is 0.489 e. The molecular formula is C23H16ClNO4. The van der Waals surface area contributed by atoms with Crippen LogP contribution in [0.15, 0.2) is 88.1 Å². The van der Waals surface area contributed by atoms with Crippen LogP contribution < -0.4 is 15.5 Å². The number of rotatable bonds is 5. The second kappa shape index (κ2) is 8.20. The van der Waals surface area contributed by atoms with Gasteiger partial charge in [0.1, 0.15) is 17.9 Å². The van der Waals surface area contributed by atoms with E-state index in [1.54, 1.807) is 36.4 Å². The third-order valence-corrected chi connectivity index (χ3v) is 4.51. The highest BCUT2D eigenvalue weighted by atomic mass is 35.5. The van der Waals surface area contributed by atoms with Crippen LogP contribution in [0.25, 0.3) is 11.0 Å². The minimum absolute atomic E-state index is 0.0748. The molecule has 5 nitrogen and oxygen atoms in total. The van der Waals surface area contributed by atoms with Crippen molar-refractivity contribution in [2.24, 2.45) is 0 Å². The summed E-state index contributed by atoms with van der Waals surface area (Å²) in [5.41, 5.74) is 1.60. The first-order chi connectivity index (χ1) is 14.1. The number of carbonyl (C=O) groups excluding carboxylic acids is 1. The Balaban J connectivity index is 1.45. The lowest BCUT2D eigenvalue weighted by atomic mass is 10.2. The summed E-state index contributed by atoms with van der Waals surface area (Å²) in [7, 11) is 0. The Bertz CT molecular complexity index is 1220. The number of ether oxygens (including phenoxy) is 1. The van der Waals surface area contributed by atoms with Gasteiger partial charge in [-0.05, 0) is 48.0 Å². The number of carbonyl (C=O) groups is 1. The Morgan fingerprint density at radius 2 is 1.72 bits per heavy atom. The van der Waals surface area contributed by atoms with Gasteiger partial charge in [0, 0.05) is 16.8 Å². The van der Waals surface area contributed by atoms with Crippen molar-refractivity contribution >= 4 is 34.2 Å². The maximum absolute atomic E-state index is 12.5. The van der Waals surface area contributed by atoms with Crippen LogP contribution in [0.2, 0.25) is 5.02 Å². The second-order valence-electron chi connectivity index (χ2n) is 6.37. The number of nitrogens with one attached hydrogen (secondary N) is 1. The number of hydrogen-bond acceptors (Lipinski definition) is 4. The van der Waals surface area contributed by atoms with E-state index in [1.165, 1.54) is 6.07 Å².